The third-order valence-corrected chi connectivity index (χ3v) is 6.53. The molecule has 3 amide bonds. The molecule has 1 saturated heterocycles. The van der Waals surface area contributed by atoms with E-state index in [-0.39, 0.29) is 30.4 Å². The number of carbonyl (C=O) groups is 4. The van der Waals surface area contributed by atoms with Crippen molar-refractivity contribution in [3.05, 3.63) is 29.8 Å². The molecule has 5 unspecified atom stereocenters. The normalized spacial score (nSPS) is 19.1. The first kappa shape index (κ1) is 27.5. The molecular formula is C23H34N4O6S. The topological polar surface area (TPSA) is 162 Å². The SMILES string of the molecule is CCC(C)C(NC(=O)C(N)CS)C(=O)NC(Cc1ccc(O)cc1)C(=O)N1CCCC1C(=O)O. The molecular weight excluding hydrogens is 460 g/mol. The number of benzene rings is 1. The van der Waals surface area contributed by atoms with Gasteiger partial charge in [-0.3, -0.25) is 14.4 Å². The zero-order chi connectivity index (χ0) is 25.4. The van der Waals surface area contributed by atoms with Gasteiger partial charge in [-0.1, -0.05) is 32.4 Å². The summed E-state index contributed by atoms with van der Waals surface area (Å²) in [5, 5.41) is 24.5. The van der Waals surface area contributed by atoms with Crippen molar-refractivity contribution in [3.8, 4) is 5.75 Å². The molecule has 0 bridgehead atoms. The summed E-state index contributed by atoms with van der Waals surface area (Å²) in [7, 11) is 0. The van der Waals surface area contributed by atoms with Crippen molar-refractivity contribution in [3.63, 3.8) is 0 Å². The highest BCUT2D eigenvalue weighted by Crippen LogP contribution is 2.20. The Bertz CT molecular complexity index is 881. The lowest BCUT2D eigenvalue weighted by atomic mass is 9.96. The second-order valence-corrected chi connectivity index (χ2v) is 8.99. The van der Waals surface area contributed by atoms with Gasteiger partial charge in [-0.25, -0.2) is 4.79 Å². The molecule has 1 fully saturated rings. The Morgan fingerprint density at radius 2 is 1.82 bits per heavy atom. The first-order valence-corrected chi connectivity index (χ1v) is 12.0. The number of likely N-dealkylation sites (tertiary alicyclic amines) is 1. The maximum Gasteiger partial charge on any atom is 0.326 e. The average Bonchev–Trinajstić information content (AvgIpc) is 3.32. The van der Waals surface area contributed by atoms with Crippen LogP contribution in [0, 0.1) is 5.92 Å². The first-order chi connectivity index (χ1) is 16.1. The fourth-order valence-electron chi connectivity index (χ4n) is 3.86. The summed E-state index contributed by atoms with van der Waals surface area (Å²) in [6, 6.07) is 2.35. The molecule has 0 saturated carbocycles. The number of nitrogens with zero attached hydrogens (tertiary/aromatic N) is 1. The summed E-state index contributed by atoms with van der Waals surface area (Å²) >= 11 is 4.02. The lowest BCUT2D eigenvalue weighted by molar-refractivity contribution is -0.149. The molecule has 1 aromatic carbocycles. The van der Waals surface area contributed by atoms with Crippen LogP contribution in [-0.4, -0.2) is 75.3 Å². The highest BCUT2D eigenvalue weighted by molar-refractivity contribution is 7.80. The van der Waals surface area contributed by atoms with Crippen LogP contribution >= 0.6 is 12.6 Å². The number of carbonyl (C=O) groups excluding carboxylic acids is 3. The third kappa shape index (κ3) is 7.10. The first-order valence-electron chi connectivity index (χ1n) is 11.4. The summed E-state index contributed by atoms with van der Waals surface area (Å²) in [5.74, 6) is -2.77. The van der Waals surface area contributed by atoms with Crippen LogP contribution in [0.25, 0.3) is 0 Å². The minimum absolute atomic E-state index is 0.0567. The van der Waals surface area contributed by atoms with Gasteiger partial charge in [0.05, 0.1) is 6.04 Å². The number of hydrogen-bond donors (Lipinski definition) is 6. The Kier molecular flexibility index (Phi) is 10.2. The quantitative estimate of drug-likeness (QED) is 0.241. The maximum absolute atomic E-state index is 13.4. The number of amides is 3. The van der Waals surface area contributed by atoms with Crippen molar-refractivity contribution in [2.75, 3.05) is 12.3 Å². The van der Waals surface area contributed by atoms with Gasteiger partial charge in [-0.2, -0.15) is 12.6 Å². The van der Waals surface area contributed by atoms with Crippen LogP contribution in [0.15, 0.2) is 24.3 Å². The molecule has 0 aliphatic carbocycles. The Morgan fingerprint density at radius 3 is 2.38 bits per heavy atom. The number of nitrogens with one attached hydrogen (secondary N) is 2. The van der Waals surface area contributed by atoms with E-state index in [0.29, 0.717) is 24.8 Å². The number of hydrogen-bond acceptors (Lipinski definition) is 7. The summed E-state index contributed by atoms with van der Waals surface area (Å²) in [4.78, 5) is 51.9. The van der Waals surface area contributed by atoms with Crippen molar-refractivity contribution in [1.29, 1.82) is 0 Å². The van der Waals surface area contributed by atoms with Crippen LogP contribution < -0.4 is 16.4 Å². The van der Waals surface area contributed by atoms with Crippen LogP contribution in [-0.2, 0) is 25.6 Å². The van der Waals surface area contributed by atoms with E-state index in [0.717, 1.165) is 0 Å². The standard InChI is InChI=1S/C23H34N4O6S/c1-3-13(2)19(26-20(29)16(24)12-34)21(30)25-17(11-14-6-8-15(28)9-7-14)22(31)27-10-4-5-18(27)23(32)33/h6-9,13,16-19,28,34H,3-5,10-12,24H2,1-2H3,(H,25,30)(H,26,29)(H,32,33). The highest BCUT2D eigenvalue weighted by atomic mass is 32.1. The molecule has 11 heteroatoms. The Morgan fingerprint density at radius 1 is 1.18 bits per heavy atom. The summed E-state index contributed by atoms with van der Waals surface area (Å²) in [5.41, 5.74) is 6.41. The van der Waals surface area contributed by atoms with Gasteiger partial charge in [0.1, 0.15) is 23.9 Å². The van der Waals surface area contributed by atoms with Crippen molar-refractivity contribution >= 4 is 36.3 Å². The molecule has 188 valence electrons. The van der Waals surface area contributed by atoms with E-state index in [1.165, 1.54) is 17.0 Å². The Hall–Kier alpha value is -2.79. The third-order valence-electron chi connectivity index (χ3n) is 6.14. The van der Waals surface area contributed by atoms with Gasteiger partial charge in [-0.05, 0) is 36.5 Å². The van der Waals surface area contributed by atoms with Crippen LogP contribution in [0.3, 0.4) is 0 Å². The number of thiol groups is 1. The molecule has 0 aromatic heterocycles. The van der Waals surface area contributed by atoms with Crippen LogP contribution in [0.5, 0.6) is 5.75 Å². The van der Waals surface area contributed by atoms with E-state index in [9.17, 15) is 29.4 Å². The maximum atomic E-state index is 13.4. The molecule has 0 spiro atoms. The van der Waals surface area contributed by atoms with Gasteiger partial charge >= 0.3 is 5.97 Å². The van der Waals surface area contributed by atoms with Crippen LogP contribution in [0.1, 0.15) is 38.7 Å². The van der Waals surface area contributed by atoms with Crippen molar-refractivity contribution in [1.82, 2.24) is 15.5 Å². The molecule has 10 nitrogen and oxygen atoms in total. The Balaban J connectivity index is 2.29. The Labute approximate surface area is 204 Å². The number of phenolic OH excluding ortho intramolecular Hbond substituents is 1. The van der Waals surface area contributed by atoms with Gasteiger partial charge in [0.15, 0.2) is 0 Å². The van der Waals surface area contributed by atoms with E-state index in [1.54, 1.807) is 19.1 Å². The highest BCUT2D eigenvalue weighted by Gasteiger charge is 2.39. The molecule has 1 aliphatic rings. The number of rotatable bonds is 11. The summed E-state index contributed by atoms with van der Waals surface area (Å²) in [6.07, 6.45) is 1.56. The predicted molar refractivity (Wildman–Crippen MR) is 129 cm³/mol. The molecule has 2 rings (SSSR count). The second-order valence-electron chi connectivity index (χ2n) is 8.62. The number of nitrogens with two attached hydrogens (primary N) is 1. The van der Waals surface area contributed by atoms with Gasteiger partial charge in [0.2, 0.25) is 17.7 Å². The van der Waals surface area contributed by atoms with E-state index in [2.05, 4.69) is 23.3 Å². The minimum Gasteiger partial charge on any atom is -0.508 e. The fraction of sp³-hybridized carbons (Fsp3) is 0.565. The second kappa shape index (κ2) is 12.6. The lowest BCUT2D eigenvalue weighted by Gasteiger charge is -2.30. The van der Waals surface area contributed by atoms with E-state index in [4.69, 9.17) is 5.73 Å². The number of phenols is 1. The molecule has 34 heavy (non-hydrogen) atoms. The van der Waals surface area contributed by atoms with Crippen LogP contribution in [0.4, 0.5) is 0 Å². The average molecular weight is 495 g/mol. The monoisotopic (exact) mass is 494 g/mol. The fourth-order valence-corrected chi connectivity index (χ4v) is 4.03. The number of aromatic hydroxyl groups is 1. The van der Waals surface area contributed by atoms with E-state index >= 15 is 0 Å². The zero-order valence-corrected chi connectivity index (χ0v) is 20.3. The lowest BCUT2D eigenvalue weighted by Crippen LogP contribution is -2.59. The van der Waals surface area contributed by atoms with Gasteiger partial charge < -0.3 is 31.5 Å². The minimum atomic E-state index is -1.09. The predicted octanol–water partition coefficient (Wildman–Crippen LogP) is 0.283. The summed E-state index contributed by atoms with van der Waals surface area (Å²) in [6.45, 7) is 3.95. The van der Waals surface area contributed by atoms with Crippen molar-refractivity contribution < 1.29 is 29.4 Å². The largest absolute Gasteiger partial charge is 0.508 e. The molecule has 1 aliphatic heterocycles. The molecule has 6 N–H and O–H groups in total. The van der Waals surface area contributed by atoms with Gasteiger partial charge in [0.25, 0.3) is 0 Å². The smallest absolute Gasteiger partial charge is 0.326 e. The van der Waals surface area contributed by atoms with Crippen LogP contribution in [0.2, 0.25) is 0 Å². The zero-order valence-electron chi connectivity index (χ0n) is 19.4. The molecule has 0 radical (unpaired) electrons. The van der Waals surface area contributed by atoms with Crippen molar-refractivity contribution in [2.45, 2.75) is 63.7 Å². The summed E-state index contributed by atoms with van der Waals surface area (Å²) < 4.78 is 0. The van der Waals surface area contributed by atoms with Gasteiger partial charge in [-0.15, -0.1) is 0 Å². The number of carboxylic acid groups (broad SMARTS) is 1. The number of carboxylic acids is 1. The van der Waals surface area contributed by atoms with Gasteiger partial charge in [0, 0.05) is 18.7 Å². The van der Waals surface area contributed by atoms with Crippen molar-refractivity contribution in [2.24, 2.45) is 11.7 Å². The molecule has 1 heterocycles. The molecule has 5 atom stereocenters. The number of aliphatic carboxylic acids is 1. The molecule has 1 aromatic rings. The van der Waals surface area contributed by atoms with E-state index < -0.39 is 47.9 Å². The van der Waals surface area contributed by atoms with E-state index in [1.807, 2.05) is 6.92 Å².